The molecule has 2 aliphatic rings. The molecule has 1 aromatic rings. The molecule has 0 unspecified atom stereocenters. The standard InChI is InChI=1S/C18H28N2O3/c1-22-17-6-3-7-18(23-2)16(17)13-20-12-14-5-4-9-19(14)11-15(20)8-10-21/h3,6-7,14-15,21H,4-5,8-13H2,1-2H3/t14-,15+/m0/s1. The van der Waals surface area contributed by atoms with Gasteiger partial charge in [-0.15, -0.1) is 0 Å². The van der Waals surface area contributed by atoms with E-state index in [-0.39, 0.29) is 6.61 Å². The Labute approximate surface area is 138 Å². The highest BCUT2D eigenvalue weighted by molar-refractivity contribution is 5.44. The third-order valence-electron chi connectivity index (χ3n) is 5.26. The summed E-state index contributed by atoms with van der Waals surface area (Å²) in [5.41, 5.74) is 1.10. The number of fused-ring (bicyclic) bond motifs is 1. The molecule has 0 radical (unpaired) electrons. The smallest absolute Gasteiger partial charge is 0.127 e. The Hall–Kier alpha value is -1.30. The molecule has 1 N–H and O–H groups in total. The first kappa shape index (κ1) is 16.6. The molecule has 23 heavy (non-hydrogen) atoms. The van der Waals surface area contributed by atoms with Crippen molar-refractivity contribution >= 4 is 0 Å². The summed E-state index contributed by atoms with van der Waals surface area (Å²) in [5, 5.41) is 9.45. The predicted octanol–water partition coefficient (Wildman–Crippen LogP) is 1.73. The van der Waals surface area contributed by atoms with E-state index < -0.39 is 0 Å². The van der Waals surface area contributed by atoms with Crippen LogP contribution in [0.2, 0.25) is 0 Å². The van der Waals surface area contributed by atoms with Gasteiger partial charge in [-0.05, 0) is 37.9 Å². The second-order valence-electron chi connectivity index (χ2n) is 6.53. The highest BCUT2D eigenvalue weighted by Crippen LogP contribution is 2.33. The number of benzene rings is 1. The summed E-state index contributed by atoms with van der Waals surface area (Å²) in [7, 11) is 3.41. The molecule has 0 bridgehead atoms. The molecular weight excluding hydrogens is 292 g/mol. The first-order chi connectivity index (χ1) is 11.3. The van der Waals surface area contributed by atoms with E-state index in [0.29, 0.717) is 12.1 Å². The molecule has 2 heterocycles. The molecule has 3 rings (SSSR count). The number of piperazine rings is 1. The molecular formula is C18H28N2O3. The summed E-state index contributed by atoms with van der Waals surface area (Å²) >= 11 is 0. The summed E-state index contributed by atoms with van der Waals surface area (Å²) in [5.74, 6) is 1.75. The highest BCUT2D eigenvalue weighted by atomic mass is 16.5. The molecule has 0 saturated carbocycles. The van der Waals surface area contributed by atoms with E-state index in [9.17, 15) is 5.11 Å². The van der Waals surface area contributed by atoms with Gasteiger partial charge in [0.15, 0.2) is 0 Å². The van der Waals surface area contributed by atoms with Gasteiger partial charge >= 0.3 is 0 Å². The lowest BCUT2D eigenvalue weighted by Gasteiger charge is -2.44. The maximum Gasteiger partial charge on any atom is 0.127 e. The number of aliphatic hydroxyl groups is 1. The SMILES string of the molecule is COc1cccc(OC)c1CN1C[C@@H]2CCCN2C[C@H]1CCO. The van der Waals surface area contributed by atoms with Gasteiger partial charge in [0.1, 0.15) is 11.5 Å². The quantitative estimate of drug-likeness (QED) is 0.865. The van der Waals surface area contributed by atoms with Gasteiger partial charge < -0.3 is 14.6 Å². The van der Waals surface area contributed by atoms with Crippen molar-refractivity contribution in [1.82, 2.24) is 9.80 Å². The predicted molar refractivity (Wildman–Crippen MR) is 90.0 cm³/mol. The van der Waals surface area contributed by atoms with Crippen LogP contribution in [0.15, 0.2) is 18.2 Å². The van der Waals surface area contributed by atoms with Crippen LogP contribution in [0.1, 0.15) is 24.8 Å². The van der Waals surface area contributed by atoms with Crippen molar-refractivity contribution in [2.75, 3.05) is 40.5 Å². The summed E-state index contributed by atoms with van der Waals surface area (Å²) in [6, 6.07) is 6.99. The molecule has 5 nitrogen and oxygen atoms in total. The van der Waals surface area contributed by atoms with Gasteiger partial charge in [0.05, 0.1) is 19.8 Å². The highest BCUT2D eigenvalue weighted by Gasteiger charge is 2.36. The van der Waals surface area contributed by atoms with Crippen LogP contribution in [0.5, 0.6) is 11.5 Å². The van der Waals surface area contributed by atoms with Crippen molar-refractivity contribution in [3.63, 3.8) is 0 Å². The Balaban J connectivity index is 1.82. The third-order valence-corrected chi connectivity index (χ3v) is 5.26. The van der Waals surface area contributed by atoms with Gasteiger partial charge in [-0.25, -0.2) is 0 Å². The van der Waals surface area contributed by atoms with E-state index in [1.165, 1.54) is 19.4 Å². The topological polar surface area (TPSA) is 45.2 Å². The summed E-state index contributed by atoms with van der Waals surface area (Å²) in [4.78, 5) is 5.10. The summed E-state index contributed by atoms with van der Waals surface area (Å²) < 4.78 is 11.1. The molecule has 2 fully saturated rings. The van der Waals surface area contributed by atoms with Gasteiger partial charge in [0.25, 0.3) is 0 Å². The van der Waals surface area contributed by atoms with Crippen LogP contribution >= 0.6 is 0 Å². The molecule has 5 heteroatoms. The molecule has 128 valence electrons. The van der Waals surface area contributed by atoms with Crippen LogP contribution in [0, 0.1) is 0 Å². The lowest BCUT2D eigenvalue weighted by atomic mass is 10.0. The number of methoxy groups -OCH3 is 2. The van der Waals surface area contributed by atoms with E-state index in [1.54, 1.807) is 14.2 Å². The number of hydrogen-bond acceptors (Lipinski definition) is 5. The fraction of sp³-hybridized carbons (Fsp3) is 0.667. The van der Waals surface area contributed by atoms with E-state index >= 15 is 0 Å². The lowest BCUT2D eigenvalue weighted by Crippen LogP contribution is -2.55. The maximum atomic E-state index is 9.45. The van der Waals surface area contributed by atoms with Crippen molar-refractivity contribution in [3.8, 4) is 11.5 Å². The van der Waals surface area contributed by atoms with Crippen LogP contribution in [0.3, 0.4) is 0 Å². The van der Waals surface area contributed by atoms with Gasteiger partial charge in [-0.1, -0.05) is 6.07 Å². The Morgan fingerprint density at radius 2 is 1.91 bits per heavy atom. The van der Waals surface area contributed by atoms with Crippen LogP contribution in [0.4, 0.5) is 0 Å². The number of aliphatic hydroxyl groups excluding tert-OH is 1. The van der Waals surface area contributed by atoms with Crippen molar-refractivity contribution in [3.05, 3.63) is 23.8 Å². The molecule has 0 aromatic heterocycles. The van der Waals surface area contributed by atoms with Crippen LogP contribution in [-0.2, 0) is 6.54 Å². The van der Waals surface area contributed by atoms with Gasteiger partial charge in [0, 0.05) is 38.3 Å². The van der Waals surface area contributed by atoms with Crippen LogP contribution < -0.4 is 9.47 Å². The van der Waals surface area contributed by atoms with Crippen molar-refractivity contribution in [2.24, 2.45) is 0 Å². The van der Waals surface area contributed by atoms with Crippen molar-refractivity contribution in [1.29, 1.82) is 0 Å². The zero-order valence-corrected chi connectivity index (χ0v) is 14.2. The fourth-order valence-electron chi connectivity index (χ4n) is 4.05. The van der Waals surface area contributed by atoms with Crippen molar-refractivity contribution in [2.45, 2.75) is 37.9 Å². The summed E-state index contributed by atoms with van der Waals surface area (Å²) in [6.45, 7) is 4.37. The monoisotopic (exact) mass is 320 g/mol. The van der Waals surface area contributed by atoms with E-state index in [0.717, 1.165) is 43.1 Å². The number of rotatable bonds is 6. The minimum Gasteiger partial charge on any atom is -0.496 e. The van der Waals surface area contributed by atoms with E-state index in [1.807, 2.05) is 18.2 Å². The van der Waals surface area contributed by atoms with Gasteiger partial charge in [-0.3, -0.25) is 9.80 Å². The first-order valence-electron chi connectivity index (χ1n) is 8.55. The minimum absolute atomic E-state index is 0.239. The largest absolute Gasteiger partial charge is 0.496 e. The minimum atomic E-state index is 0.239. The van der Waals surface area contributed by atoms with Crippen LogP contribution in [-0.4, -0.2) is 67.5 Å². The number of nitrogens with zero attached hydrogens (tertiary/aromatic N) is 2. The molecule has 2 atom stereocenters. The average Bonchev–Trinajstić information content (AvgIpc) is 3.02. The molecule has 2 saturated heterocycles. The Kier molecular flexibility index (Phi) is 5.41. The normalized spacial score (nSPS) is 25.3. The van der Waals surface area contributed by atoms with Crippen LogP contribution in [0.25, 0.3) is 0 Å². The van der Waals surface area contributed by atoms with Crippen molar-refractivity contribution < 1.29 is 14.6 Å². The fourth-order valence-corrected chi connectivity index (χ4v) is 4.05. The van der Waals surface area contributed by atoms with Gasteiger partial charge in [-0.2, -0.15) is 0 Å². The Bertz CT molecular complexity index is 501. The van der Waals surface area contributed by atoms with E-state index in [2.05, 4.69) is 9.80 Å². The molecule has 2 aliphatic heterocycles. The second-order valence-corrected chi connectivity index (χ2v) is 6.53. The first-order valence-corrected chi connectivity index (χ1v) is 8.55. The van der Waals surface area contributed by atoms with Gasteiger partial charge in [0.2, 0.25) is 0 Å². The number of hydrogen-bond donors (Lipinski definition) is 1. The maximum absolute atomic E-state index is 9.45. The number of ether oxygens (including phenoxy) is 2. The molecule has 1 aromatic carbocycles. The third kappa shape index (κ3) is 3.47. The Morgan fingerprint density at radius 1 is 1.17 bits per heavy atom. The molecule has 0 aliphatic carbocycles. The average molecular weight is 320 g/mol. The van der Waals surface area contributed by atoms with E-state index in [4.69, 9.17) is 9.47 Å². The zero-order chi connectivity index (χ0) is 16.2. The molecule has 0 spiro atoms. The lowest BCUT2D eigenvalue weighted by molar-refractivity contribution is 0.0325. The summed E-state index contributed by atoms with van der Waals surface area (Å²) in [6.07, 6.45) is 3.40. The zero-order valence-electron chi connectivity index (χ0n) is 14.2. The molecule has 0 amide bonds. The Morgan fingerprint density at radius 3 is 2.57 bits per heavy atom. The second kappa shape index (κ2) is 7.51.